The fraction of sp³-hybridized carbons (Fsp3) is 0.619. The van der Waals surface area contributed by atoms with Gasteiger partial charge in [-0.1, -0.05) is 18.2 Å². The number of aliphatic carboxylic acids is 1. The lowest BCUT2D eigenvalue weighted by Crippen LogP contribution is -2.25. The Balaban J connectivity index is 1.80. The van der Waals surface area contributed by atoms with Gasteiger partial charge in [0.1, 0.15) is 0 Å². The fourth-order valence-corrected chi connectivity index (χ4v) is 3.24. The third-order valence-corrected chi connectivity index (χ3v) is 5.29. The molecule has 0 saturated carbocycles. The van der Waals surface area contributed by atoms with E-state index in [0.717, 1.165) is 0 Å². The van der Waals surface area contributed by atoms with Gasteiger partial charge in [0.2, 0.25) is 5.91 Å². The van der Waals surface area contributed by atoms with Gasteiger partial charge in [-0.15, -0.1) is 0 Å². The topological polar surface area (TPSA) is 147 Å². The molecule has 11 nitrogen and oxygen atoms in total. The number of amides is 1. The Morgan fingerprint density at radius 3 is 1.82 bits per heavy atom. The molecule has 188 valence electrons. The number of carboxylic acid groups (broad SMARTS) is 1. The fourth-order valence-electron chi connectivity index (χ4n) is 2.33. The van der Waals surface area contributed by atoms with Gasteiger partial charge in [0.15, 0.2) is 0 Å². The Hall–Kier alpha value is -2.09. The summed E-state index contributed by atoms with van der Waals surface area (Å²) in [6.45, 7) is 3.25. The highest BCUT2D eigenvalue weighted by Gasteiger charge is 2.13. The number of carboxylic acids is 1. The minimum Gasteiger partial charge on any atom is -0.481 e. The maximum atomic E-state index is 11.9. The van der Waals surface area contributed by atoms with E-state index in [4.69, 9.17) is 28.2 Å². The van der Waals surface area contributed by atoms with Crippen LogP contribution in [0.3, 0.4) is 0 Å². The van der Waals surface area contributed by atoms with Crippen molar-refractivity contribution in [1.82, 2.24) is 5.32 Å². The van der Waals surface area contributed by atoms with Crippen molar-refractivity contribution < 1.29 is 46.2 Å². The second kappa shape index (κ2) is 18.3. The zero-order valence-corrected chi connectivity index (χ0v) is 19.4. The van der Waals surface area contributed by atoms with Gasteiger partial charge in [0.05, 0.1) is 64.2 Å². The highest BCUT2D eigenvalue weighted by molar-refractivity contribution is 7.86. The Labute approximate surface area is 194 Å². The van der Waals surface area contributed by atoms with E-state index in [9.17, 15) is 18.0 Å². The summed E-state index contributed by atoms with van der Waals surface area (Å²) in [4.78, 5) is 21.8. The molecule has 12 heteroatoms. The van der Waals surface area contributed by atoms with E-state index in [0.29, 0.717) is 59.2 Å². The lowest BCUT2D eigenvalue weighted by molar-refractivity contribution is -0.138. The maximum absolute atomic E-state index is 11.9. The molecular weight excluding hydrogens is 458 g/mol. The van der Waals surface area contributed by atoms with Crippen LogP contribution in [0.5, 0.6) is 0 Å². The highest BCUT2D eigenvalue weighted by Crippen LogP contribution is 2.10. The van der Waals surface area contributed by atoms with Crippen LogP contribution in [0, 0.1) is 0 Å². The number of carbonyl (C=O) groups excluding carboxylic acids is 1. The third kappa shape index (κ3) is 16.2. The van der Waals surface area contributed by atoms with Crippen LogP contribution in [-0.4, -0.2) is 91.4 Å². The molecule has 1 rings (SSSR count). The van der Waals surface area contributed by atoms with E-state index in [2.05, 4.69) is 5.32 Å². The van der Waals surface area contributed by atoms with Crippen molar-refractivity contribution in [1.29, 1.82) is 0 Å². The number of ether oxygens (including phenoxy) is 4. The molecule has 0 spiro atoms. The summed E-state index contributed by atoms with van der Waals surface area (Å²) in [6, 6.07) is 7.91. The lowest BCUT2D eigenvalue weighted by Gasteiger charge is -2.08. The summed E-state index contributed by atoms with van der Waals surface area (Å²) in [5.41, 5.74) is 0. The van der Waals surface area contributed by atoms with Crippen molar-refractivity contribution in [3.05, 3.63) is 30.3 Å². The van der Waals surface area contributed by atoms with Gasteiger partial charge in [-0.05, 0) is 18.6 Å². The molecule has 0 fully saturated rings. The first-order chi connectivity index (χ1) is 15.9. The first-order valence-electron chi connectivity index (χ1n) is 10.7. The molecule has 0 unspecified atom stereocenters. The molecule has 0 aliphatic rings. The predicted octanol–water partition coefficient (Wildman–Crippen LogP) is 0.829. The van der Waals surface area contributed by atoms with Crippen LogP contribution in [0.2, 0.25) is 0 Å². The zero-order chi connectivity index (χ0) is 24.2. The van der Waals surface area contributed by atoms with Gasteiger partial charge in [0.25, 0.3) is 10.1 Å². The van der Waals surface area contributed by atoms with Gasteiger partial charge in [-0.3, -0.25) is 13.8 Å². The number of rotatable bonds is 21. The van der Waals surface area contributed by atoms with Crippen molar-refractivity contribution in [2.75, 3.05) is 66.0 Å². The number of carbonyl (C=O) groups is 2. The van der Waals surface area contributed by atoms with E-state index in [1.807, 2.05) is 0 Å². The van der Waals surface area contributed by atoms with Gasteiger partial charge in [-0.2, -0.15) is 8.42 Å². The second-order valence-corrected chi connectivity index (χ2v) is 8.25. The van der Waals surface area contributed by atoms with Crippen LogP contribution < -0.4 is 5.32 Å². The van der Waals surface area contributed by atoms with E-state index >= 15 is 0 Å². The number of hydrogen-bond donors (Lipinski definition) is 2. The lowest BCUT2D eigenvalue weighted by atomic mass is 10.3. The molecule has 0 aliphatic heterocycles. The molecule has 0 aliphatic carbocycles. The summed E-state index contributed by atoms with van der Waals surface area (Å²) in [7, 11) is -3.76. The Kier molecular flexibility index (Phi) is 16.1. The van der Waals surface area contributed by atoms with Crippen molar-refractivity contribution in [2.45, 2.75) is 24.2 Å². The van der Waals surface area contributed by atoms with E-state index in [1.54, 1.807) is 18.2 Å². The molecule has 33 heavy (non-hydrogen) atoms. The van der Waals surface area contributed by atoms with E-state index in [1.165, 1.54) is 12.1 Å². The second-order valence-electron chi connectivity index (χ2n) is 6.64. The average Bonchev–Trinajstić information content (AvgIpc) is 2.80. The van der Waals surface area contributed by atoms with Crippen LogP contribution in [0.25, 0.3) is 0 Å². The van der Waals surface area contributed by atoms with Crippen LogP contribution in [0.15, 0.2) is 35.2 Å². The summed E-state index contributed by atoms with van der Waals surface area (Å²) in [5.74, 6) is -1.28. The van der Waals surface area contributed by atoms with Gasteiger partial charge < -0.3 is 29.4 Å². The van der Waals surface area contributed by atoms with Crippen molar-refractivity contribution in [3.63, 3.8) is 0 Å². The molecule has 0 saturated heterocycles. The van der Waals surface area contributed by atoms with E-state index in [-0.39, 0.29) is 36.9 Å². The normalized spacial score (nSPS) is 11.4. The molecule has 1 amide bonds. The third-order valence-electron chi connectivity index (χ3n) is 3.97. The van der Waals surface area contributed by atoms with Gasteiger partial charge >= 0.3 is 5.97 Å². The maximum Gasteiger partial charge on any atom is 0.303 e. The average molecular weight is 492 g/mol. The summed E-state index contributed by atoms with van der Waals surface area (Å²) < 4.78 is 50.0. The van der Waals surface area contributed by atoms with Crippen LogP contribution in [0.1, 0.15) is 19.3 Å². The first-order valence-corrected chi connectivity index (χ1v) is 12.1. The molecule has 0 radical (unpaired) electrons. The number of hydrogen-bond acceptors (Lipinski definition) is 9. The number of nitrogens with one attached hydrogen (secondary N) is 1. The summed E-state index contributed by atoms with van der Waals surface area (Å²) >= 11 is 0. The first kappa shape index (κ1) is 28.9. The van der Waals surface area contributed by atoms with Crippen LogP contribution in [0.4, 0.5) is 0 Å². The quantitative estimate of drug-likeness (QED) is 0.187. The molecule has 1 aromatic carbocycles. The minimum absolute atomic E-state index is 0.0221. The minimum atomic E-state index is -3.76. The molecule has 0 bridgehead atoms. The van der Waals surface area contributed by atoms with Crippen LogP contribution >= 0.6 is 0 Å². The van der Waals surface area contributed by atoms with Gasteiger partial charge in [0, 0.05) is 19.6 Å². The Bertz CT molecular complexity index is 758. The molecular formula is C21H33NO10S. The Morgan fingerprint density at radius 1 is 0.758 bits per heavy atom. The molecule has 0 atom stereocenters. The van der Waals surface area contributed by atoms with Crippen molar-refractivity contribution in [2.24, 2.45) is 0 Å². The Morgan fingerprint density at radius 2 is 1.27 bits per heavy atom. The van der Waals surface area contributed by atoms with Gasteiger partial charge in [-0.25, -0.2) is 0 Å². The number of benzene rings is 1. The molecule has 2 N–H and O–H groups in total. The smallest absolute Gasteiger partial charge is 0.303 e. The largest absolute Gasteiger partial charge is 0.481 e. The monoisotopic (exact) mass is 491 g/mol. The molecule has 0 heterocycles. The SMILES string of the molecule is O=C(O)CCC(=O)NCCCOCCOCCOCCOCCOS(=O)(=O)c1ccccc1. The van der Waals surface area contributed by atoms with E-state index < -0.39 is 16.1 Å². The summed E-state index contributed by atoms with van der Waals surface area (Å²) in [5, 5.41) is 11.1. The molecule has 1 aromatic rings. The van der Waals surface area contributed by atoms with Crippen molar-refractivity contribution >= 4 is 22.0 Å². The summed E-state index contributed by atoms with van der Waals surface area (Å²) in [6.07, 6.45) is 0.434. The van der Waals surface area contributed by atoms with Crippen LogP contribution in [-0.2, 0) is 42.8 Å². The zero-order valence-electron chi connectivity index (χ0n) is 18.6. The van der Waals surface area contributed by atoms with Crippen molar-refractivity contribution in [3.8, 4) is 0 Å². The highest BCUT2D eigenvalue weighted by atomic mass is 32.2. The standard InChI is InChI=1S/C21H33NO10S/c23-20(7-8-21(24)25)22-9-4-10-28-11-12-29-13-14-30-15-16-31-17-18-32-33(26,27)19-5-2-1-3-6-19/h1-3,5-6H,4,7-18H2,(H,22,23)(H,24,25). The predicted molar refractivity (Wildman–Crippen MR) is 117 cm³/mol. The molecule has 0 aromatic heterocycles.